The molecule has 0 aliphatic heterocycles. The van der Waals surface area contributed by atoms with Crippen LogP contribution in [0.5, 0.6) is 0 Å². The molecular weight excluding hydrogens is 495 g/mol. The average Bonchev–Trinajstić information content (AvgIpc) is 2.60. The maximum Gasteiger partial charge on any atom is 0.471 e. The number of carbonyl (C=O) groups is 1. The quantitative estimate of drug-likeness (QED) is 0.484. The number of hydrogen-bond donors (Lipinski definition) is 1. The van der Waals surface area contributed by atoms with Crippen molar-refractivity contribution in [1.29, 1.82) is 5.26 Å². The van der Waals surface area contributed by atoms with Gasteiger partial charge in [-0.25, -0.2) is 8.78 Å². The predicted molar refractivity (Wildman–Crippen MR) is 99.2 cm³/mol. The molecule has 5 nitrogen and oxygen atoms in total. The first-order valence-electron chi connectivity index (χ1n) is 6.87. The van der Waals surface area contributed by atoms with Gasteiger partial charge in [-0.1, -0.05) is 22.0 Å². The largest absolute Gasteiger partial charge is 0.471 e. The number of nitrogens with zero attached hydrogens (tertiary/aromatic N) is 1. The lowest BCUT2D eigenvalue weighted by molar-refractivity contribution is -0.176. The number of hydrogen-bond acceptors (Lipinski definition) is 4. The van der Waals surface area contributed by atoms with Gasteiger partial charge in [-0.3, -0.25) is 4.79 Å². The Labute approximate surface area is 176 Å². The van der Waals surface area contributed by atoms with E-state index in [0.717, 1.165) is 18.2 Å². The van der Waals surface area contributed by atoms with Gasteiger partial charge in [0, 0.05) is 15.6 Å². The first-order chi connectivity index (χ1) is 12.5. The third-order valence-electron chi connectivity index (χ3n) is 3.22. The van der Waals surface area contributed by atoms with Crippen LogP contribution in [0.15, 0.2) is 34.3 Å². The Bertz CT molecular complexity index is 793. The average molecular weight is 509 g/mol. The van der Waals surface area contributed by atoms with E-state index in [1.165, 1.54) is 18.3 Å². The maximum absolute atomic E-state index is 14.1. The van der Waals surface area contributed by atoms with Gasteiger partial charge in [0.1, 0.15) is 18.0 Å². The van der Waals surface area contributed by atoms with E-state index in [9.17, 15) is 26.7 Å². The van der Waals surface area contributed by atoms with Crippen LogP contribution in [-0.4, -0.2) is 27.2 Å². The summed E-state index contributed by atoms with van der Waals surface area (Å²) in [6, 6.07) is 5.02. The summed E-state index contributed by atoms with van der Waals surface area (Å²) in [7, 11) is 0. The standard InChI is InChI=1S/C15H12BrF5N2O.O2S.H2S/c1-9(7-22)4-5-14(8-17,23-13(24)15(19,20)21)11-6-10(16)2-3-12(11)18;1-3-2;/h2-4,6H,5,8H2,1H3,(H,23,24);;1H2/b9-4+;;/t14-;;/m1../s1. The molecule has 1 atom stereocenters. The Morgan fingerprint density at radius 3 is 2.32 bits per heavy atom. The highest BCUT2D eigenvalue weighted by atomic mass is 79.9. The number of benzene rings is 1. The minimum atomic E-state index is -5.27. The highest BCUT2D eigenvalue weighted by Crippen LogP contribution is 2.33. The Morgan fingerprint density at radius 2 is 1.89 bits per heavy atom. The third-order valence-corrected chi connectivity index (χ3v) is 3.71. The second-order valence-electron chi connectivity index (χ2n) is 5.06. The fourth-order valence-electron chi connectivity index (χ4n) is 1.91. The second kappa shape index (κ2) is 12.6. The number of alkyl halides is 4. The SMILES string of the molecule is C/C(C#N)=C\C[C@](CF)(NC(=O)C(F)(F)F)c1cc(Br)ccc1F.O=S=O.S. The Balaban J connectivity index is 0. The fourth-order valence-corrected chi connectivity index (χ4v) is 2.27. The van der Waals surface area contributed by atoms with Gasteiger partial charge in [-0.2, -0.15) is 40.3 Å². The number of amides is 1. The van der Waals surface area contributed by atoms with Gasteiger partial charge >= 0.3 is 23.7 Å². The zero-order chi connectivity index (χ0) is 21.3. The molecule has 0 bridgehead atoms. The van der Waals surface area contributed by atoms with Crippen molar-refractivity contribution < 1.29 is 35.2 Å². The summed E-state index contributed by atoms with van der Waals surface area (Å²) in [5.74, 6) is -3.39. The molecular formula is C15H14BrF5N2O3S2. The maximum atomic E-state index is 14.1. The molecule has 0 fully saturated rings. The normalized spacial score (nSPS) is 13.0. The van der Waals surface area contributed by atoms with Crippen LogP contribution in [-0.2, 0) is 21.9 Å². The van der Waals surface area contributed by atoms with Crippen molar-refractivity contribution in [3.63, 3.8) is 0 Å². The van der Waals surface area contributed by atoms with Gasteiger partial charge in [0.05, 0.1) is 6.07 Å². The van der Waals surface area contributed by atoms with E-state index >= 15 is 0 Å². The van der Waals surface area contributed by atoms with Crippen molar-refractivity contribution in [1.82, 2.24) is 5.32 Å². The molecule has 0 unspecified atom stereocenters. The van der Waals surface area contributed by atoms with Crippen LogP contribution in [0.2, 0.25) is 0 Å². The Kier molecular flexibility index (Phi) is 12.8. The Hall–Kier alpha value is -1.78. The predicted octanol–water partition coefficient (Wildman–Crippen LogP) is 3.73. The minimum absolute atomic E-state index is 0. The highest BCUT2D eigenvalue weighted by molar-refractivity contribution is 9.10. The lowest BCUT2D eigenvalue weighted by atomic mass is 9.86. The molecule has 0 saturated carbocycles. The van der Waals surface area contributed by atoms with Crippen molar-refractivity contribution in [2.24, 2.45) is 0 Å². The first kappa shape index (κ1) is 28.4. The van der Waals surface area contributed by atoms with Crippen molar-refractivity contribution in [3.8, 4) is 6.07 Å². The first-order valence-corrected chi connectivity index (χ1v) is 8.32. The monoisotopic (exact) mass is 508 g/mol. The van der Waals surface area contributed by atoms with Crippen LogP contribution in [0.1, 0.15) is 18.9 Å². The minimum Gasteiger partial charge on any atom is -0.336 e. The number of rotatable bonds is 5. The van der Waals surface area contributed by atoms with Crippen LogP contribution in [0.25, 0.3) is 0 Å². The zero-order valence-electron chi connectivity index (χ0n) is 14.1. The molecule has 156 valence electrons. The summed E-state index contributed by atoms with van der Waals surface area (Å²) in [6.45, 7) is -0.150. The van der Waals surface area contributed by atoms with E-state index in [0.29, 0.717) is 4.47 Å². The molecule has 0 radical (unpaired) electrons. The van der Waals surface area contributed by atoms with Gasteiger partial charge in [0.25, 0.3) is 0 Å². The molecule has 0 aliphatic rings. The number of carbonyl (C=O) groups excluding carboxylic acids is 1. The highest BCUT2D eigenvalue weighted by Gasteiger charge is 2.45. The molecule has 28 heavy (non-hydrogen) atoms. The summed E-state index contributed by atoms with van der Waals surface area (Å²) >= 11 is 2.28. The molecule has 1 aromatic carbocycles. The van der Waals surface area contributed by atoms with Gasteiger partial charge in [0.15, 0.2) is 0 Å². The molecule has 13 heteroatoms. The number of nitrogens with one attached hydrogen (secondary N) is 1. The summed E-state index contributed by atoms with van der Waals surface area (Å²) in [6.07, 6.45) is -4.66. The number of nitriles is 1. The van der Waals surface area contributed by atoms with Crippen LogP contribution in [0, 0.1) is 17.1 Å². The molecule has 1 aromatic rings. The molecule has 0 aromatic heterocycles. The zero-order valence-corrected chi connectivity index (χ0v) is 17.5. The molecule has 1 rings (SSSR count). The molecule has 0 saturated heterocycles. The van der Waals surface area contributed by atoms with Crippen LogP contribution in [0.3, 0.4) is 0 Å². The number of halogens is 6. The molecule has 1 amide bonds. The summed E-state index contributed by atoms with van der Waals surface area (Å²) in [4.78, 5) is 11.3. The summed E-state index contributed by atoms with van der Waals surface area (Å²) < 4.78 is 82.4. The van der Waals surface area contributed by atoms with Crippen LogP contribution < -0.4 is 5.32 Å². The number of allylic oxidation sites excluding steroid dienone is 1. The fraction of sp³-hybridized carbons (Fsp3) is 0.333. The van der Waals surface area contributed by atoms with E-state index in [4.69, 9.17) is 13.7 Å². The lowest BCUT2D eigenvalue weighted by Crippen LogP contribution is -2.52. The summed E-state index contributed by atoms with van der Waals surface area (Å²) in [5, 5.41) is 10.3. The van der Waals surface area contributed by atoms with E-state index in [1.54, 1.807) is 6.07 Å². The molecule has 0 heterocycles. The van der Waals surface area contributed by atoms with E-state index in [-0.39, 0.29) is 19.1 Å². The second-order valence-corrected chi connectivity index (χ2v) is 6.11. The van der Waals surface area contributed by atoms with Gasteiger partial charge < -0.3 is 5.32 Å². The van der Waals surface area contributed by atoms with Gasteiger partial charge in [0.2, 0.25) is 0 Å². The third kappa shape index (κ3) is 8.49. The van der Waals surface area contributed by atoms with E-state index in [2.05, 4.69) is 15.9 Å². The summed E-state index contributed by atoms with van der Waals surface area (Å²) in [5.41, 5.74) is -2.66. The van der Waals surface area contributed by atoms with Crippen molar-refractivity contribution in [2.45, 2.75) is 25.1 Å². The van der Waals surface area contributed by atoms with Crippen molar-refractivity contribution in [2.75, 3.05) is 6.67 Å². The van der Waals surface area contributed by atoms with E-state index in [1.807, 2.05) is 0 Å². The van der Waals surface area contributed by atoms with Crippen LogP contribution in [0.4, 0.5) is 22.0 Å². The van der Waals surface area contributed by atoms with Crippen molar-refractivity contribution >= 4 is 46.9 Å². The molecule has 1 N–H and O–H groups in total. The van der Waals surface area contributed by atoms with Crippen LogP contribution >= 0.6 is 29.4 Å². The van der Waals surface area contributed by atoms with E-state index < -0.39 is 53.7 Å². The van der Waals surface area contributed by atoms with Gasteiger partial charge in [-0.15, -0.1) is 0 Å². The molecule has 0 spiro atoms. The smallest absolute Gasteiger partial charge is 0.336 e. The lowest BCUT2D eigenvalue weighted by Gasteiger charge is -2.32. The topological polar surface area (TPSA) is 87.0 Å². The molecule has 0 aliphatic carbocycles. The Morgan fingerprint density at radius 1 is 1.36 bits per heavy atom. The van der Waals surface area contributed by atoms with Crippen molar-refractivity contribution in [3.05, 3.63) is 45.7 Å². The van der Waals surface area contributed by atoms with Gasteiger partial charge in [-0.05, 0) is 31.5 Å².